The molecule has 0 aromatic carbocycles. The van der Waals surface area contributed by atoms with E-state index in [2.05, 4.69) is 41.7 Å². The number of nitrogens with zero attached hydrogens (tertiary/aromatic N) is 4. The molecule has 2 fully saturated rings. The number of aromatic nitrogens is 2. The van der Waals surface area contributed by atoms with Gasteiger partial charge in [-0.05, 0) is 25.2 Å². The molecule has 2 aliphatic rings. The molecule has 1 aliphatic heterocycles. The number of amides is 1. The van der Waals surface area contributed by atoms with Gasteiger partial charge in [0.25, 0.3) is 0 Å². The second kappa shape index (κ2) is 6.59. The Hall–Kier alpha value is -2.05. The average molecular weight is 361 g/mol. The average Bonchev–Trinajstić information content (AvgIpc) is 3.07. The molecule has 1 saturated carbocycles. The minimum Gasteiger partial charge on any atom is -0.465 e. The number of anilines is 2. The Morgan fingerprint density at radius 3 is 2.50 bits per heavy atom. The summed E-state index contributed by atoms with van der Waals surface area (Å²) in [4.78, 5) is 24.5. The van der Waals surface area contributed by atoms with Gasteiger partial charge in [0.15, 0.2) is 0 Å². The van der Waals surface area contributed by atoms with Crippen LogP contribution in [-0.4, -0.2) is 51.2 Å². The first-order chi connectivity index (χ1) is 12.1. The van der Waals surface area contributed by atoms with E-state index >= 15 is 0 Å². The highest BCUT2D eigenvalue weighted by Crippen LogP contribution is 2.40. The maximum Gasteiger partial charge on any atom is 0.407 e. The Morgan fingerprint density at radius 1 is 1.27 bits per heavy atom. The summed E-state index contributed by atoms with van der Waals surface area (Å²) in [5.41, 5.74) is 6.30. The van der Waals surface area contributed by atoms with Crippen LogP contribution in [0.3, 0.4) is 0 Å². The lowest BCUT2D eigenvalue weighted by Crippen LogP contribution is -2.67. The second-order valence-corrected chi connectivity index (χ2v) is 8.87. The molecule has 1 atom stereocenters. The molecule has 3 N–H and O–H groups in total. The highest BCUT2D eigenvalue weighted by atomic mass is 16.4. The molecule has 0 unspecified atom stereocenters. The molecule has 7 heteroatoms. The smallest absolute Gasteiger partial charge is 0.407 e. The Morgan fingerprint density at radius 2 is 1.92 bits per heavy atom. The Labute approximate surface area is 155 Å². The lowest BCUT2D eigenvalue weighted by molar-refractivity contribution is 0.00727. The minimum absolute atomic E-state index is 0.211. The second-order valence-electron chi connectivity index (χ2n) is 8.87. The van der Waals surface area contributed by atoms with Crippen molar-refractivity contribution < 1.29 is 9.90 Å². The van der Waals surface area contributed by atoms with Gasteiger partial charge in [-0.2, -0.15) is 4.98 Å². The van der Waals surface area contributed by atoms with Gasteiger partial charge in [-0.3, -0.25) is 4.90 Å². The van der Waals surface area contributed by atoms with E-state index in [-0.39, 0.29) is 5.41 Å². The summed E-state index contributed by atoms with van der Waals surface area (Å²) in [6.07, 6.45) is 3.92. The summed E-state index contributed by atoms with van der Waals surface area (Å²) >= 11 is 0. The van der Waals surface area contributed by atoms with E-state index in [1.807, 2.05) is 6.92 Å². The zero-order chi connectivity index (χ0) is 19.1. The fraction of sp³-hybridized carbons (Fsp3) is 0.737. The molecule has 1 aliphatic carbocycles. The molecule has 26 heavy (non-hydrogen) atoms. The van der Waals surface area contributed by atoms with Crippen LogP contribution in [0.2, 0.25) is 0 Å². The van der Waals surface area contributed by atoms with Crippen molar-refractivity contribution in [1.82, 2.24) is 14.9 Å². The van der Waals surface area contributed by atoms with Gasteiger partial charge in [0.1, 0.15) is 5.82 Å². The zero-order valence-electron chi connectivity index (χ0n) is 16.3. The monoisotopic (exact) mass is 361 g/mol. The maximum atomic E-state index is 11.8. The van der Waals surface area contributed by atoms with Crippen molar-refractivity contribution in [2.75, 3.05) is 30.3 Å². The molecule has 1 amide bonds. The van der Waals surface area contributed by atoms with E-state index in [4.69, 9.17) is 5.73 Å². The minimum atomic E-state index is -0.865. The molecule has 1 saturated heterocycles. The van der Waals surface area contributed by atoms with Crippen LogP contribution in [0.4, 0.5) is 16.6 Å². The summed E-state index contributed by atoms with van der Waals surface area (Å²) in [5.74, 6) is 1.59. The summed E-state index contributed by atoms with van der Waals surface area (Å²) in [5, 5.41) is 9.69. The summed E-state index contributed by atoms with van der Waals surface area (Å²) in [7, 11) is 0. The van der Waals surface area contributed by atoms with Crippen LogP contribution in [0.1, 0.15) is 65.0 Å². The number of piperazine rings is 1. The number of hydrogen-bond donors (Lipinski definition) is 2. The third kappa shape index (κ3) is 3.31. The largest absolute Gasteiger partial charge is 0.465 e. The third-order valence-electron chi connectivity index (χ3n) is 6.38. The van der Waals surface area contributed by atoms with Crippen LogP contribution in [0.5, 0.6) is 0 Å². The fourth-order valence-corrected chi connectivity index (χ4v) is 4.21. The molecular formula is C19H31N5O2. The summed E-state index contributed by atoms with van der Waals surface area (Å²) in [6, 6.07) is 2.06. The zero-order valence-corrected chi connectivity index (χ0v) is 16.3. The maximum absolute atomic E-state index is 11.8. The van der Waals surface area contributed by atoms with Gasteiger partial charge in [0, 0.05) is 31.6 Å². The Kier molecular flexibility index (Phi) is 4.75. The van der Waals surface area contributed by atoms with Crippen LogP contribution in [0, 0.1) is 5.41 Å². The molecule has 1 aromatic rings. The van der Waals surface area contributed by atoms with Crippen molar-refractivity contribution in [3.8, 4) is 0 Å². The van der Waals surface area contributed by atoms with Crippen LogP contribution < -0.4 is 10.6 Å². The molecule has 0 spiro atoms. The highest BCUT2D eigenvalue weighted by Gasteiger charge is 2.49. The topological polar surface area (TPSA) is 95.6 Å². The quantitative estimate of drug-likeness (QED) is 0.839. The number of carboxylic acid groups (broad SMARTS) is 1. The van der Waals surface area contributed by atoms with Crippen molar-refractivity contribution in [3.05, 3.63) is 11.8 Å². The van der Waals surface area contributed by atoms with Crippen LogP contribution >= 0.6 is 0 Å². The van der Waals surface area contributed by atoms with Crippen LogP contribution in [0.25, 0.3) is 0 Å². The van der Waals surface area contributed by atoms with E-state index in [9.17, 15) is 9.90 Å². The van der Waals surface area contributed by atoms with Crippen molar-refractivity contribution >= 4 is 17.9 Å². The van der Waals surface area contributed by atoms with Gasteiger partial charge in [-0.1, -0.05) is 33.6 Å². The number of nitrogens with two attached hydrogens (primary N) is 1. The Balaban J connectivity index is 1.91. The number of nitrogen functional groups attached to an aromatic ring is 1. The van der Waals surface area contributed by atoms with Crippen molar-refractivity contribution in [2.45, 2.75) is 64.8 Å². The summed E-state index contributed by atoms with van der Waals surface area (Å²) < 4.78 is 0. The van der Waals surface area contributed by atoms with Crippen LogP contribution in [-0.2, 0) is 0 Å². The van der Waals surface area contributed by atoms with Crippen LogP contribution in [0.15, 0.2) is 6.07 Å². The van der Waals surface area contributed by atoms with Gasteiger partial charge in [0.2, 0.25) is 5.95 Å². The number of carbonyl (C=O) groups is 1. The number of hydrogen-bond acceptors (Lipinski definition) is 5. The van der Waals surface area contributed by atoms with Crippen molar-refractivity contribution in [2.24, 2.45) is 5.41 Å². The molecule has 0 radical (unpaired) electrons. The first kappa shape index (κ1) is 18.7. The predicted octanol–water partition coefficient (Wildman–Crippen LogP) is 3.32. The normalized spacial score (nSPS) is 24.9. The molecule has 144 valence electrons. The van der Waals surface area contributed by atoms with Crippen molar-refractivity contribution in [1.29, 1.82) is 0 Å². The molecule has 1 aromatic heterocycles. The molecular weight excluding hydrogens is 330 g/mol. The van der Waals surface area contributed by atoms with E-state index in [1.54, 1.807) is 4.90 Å². The standard InChI is InChI=1S/C19H31N5O2/c1-18(2,3)19(4)12-23(9-10-24(19)17(25)26)15-11-14(21-16(20)22-15)13-7-5-6-8-13/h11,13H,5-10,12H2,1-4H3,(H,25,26)(H2,20,21,22)/t19-/m1/s1. The fourth-order valence-electron chi connectivity index (χ4n) is 4.21. The van der Waals surface area contributed by atoms with Gasteiger partial charge in [-0.25, -0.2) is 9.78 Å². The van der Waals surface area contributed by atoms with Gasteiger partial charge in [-0.15, -0.1) is 0 Å². The van der Waals surface area contributed by atoms with Gasteiger partial charge in [0.05, 0.1) is 11.2 Å². The first-order valence-electron chi connectivity index (χ1n) is 9.52. The molecule has 2 heterocycles. The number of rotatable bonds is 2. The molecule has 7 nitrogen and oxygen atoms in total. The van der Waals surface area contributed by atoms with Gasteiger partial charge < -0.3 is 15.7 Å². The lowest BCUT2D eigenvalue weighted by Gasteiger charge is -2.54. The molecule has 3 rings (SSSR count). The van der Waals surface area contributed by atoms with E-state index in [0.29, 0.717) is 31.5 Å². The molecule has 0 bridgehead atoms. The predicted molar refractivity (Wildman–Crippen MR) is 102 cm³/mol. The van der Waals surface area contributed by atoms with E-state index in [0.717, 1.165) is 24.4 Å². The van der Waals surface area contributed by atoms with Crippen molar-refractivity contribution in [3.63, 3.8) is 0 Å². The Bertz CT molecular complexity index is 681. The lowest BCUT2D eigenvalue weighted by atomic mass is 9.72. The third-order valence-corrected chi connectivity index (χ3v) is 6.38. The first-order valence-corrected chi connectivity index (χ1v) is 9.52. The van der Waals surface area contributed by atoms with Gasteiger partial charge >= 0.3 is 6.09 Å². The van der Waals surface area contributed by atoms with E-state index < -0.39 is 11.6 Å². The SMILES string of the molecule is CC(C)(C)[C@@]1(C)CN(c2cc(C3CCCC3)nc(N)n2)CCN1C(=O)O. The summed E-state index contributed by atoms with van der Waals surface area (Å²) in [6.45, 7) is 9.93. The van der Waals surface area contributed by atoms with E-state index in [1.165, 1.54) is 12.8 Å². The highest BCUT2D eigenvalue weighted by molar-refractivity contribution is 5.67.